The standard InChI is InChI=1S/C14H20N2O3S/c1-4-14(5-2,20-3)9-16-12(17)11-7-6-10(8-15-11)13(18)19/h6-8H,4-5,9H2,1-3H3,(H,16,17)(H,18,19). The third-order valence-corrected chi connectivity index (χ3v) is 5.12. The average molecular weight is 296 g/mol. The molecule has 0 atom stereocenters. The highest BCUT2D eigenvalue weighted by atomic mass is 32.2. The number of thioether (sulfide) groups is 1. The van der Waals surface area contributed by atoms with Gasteiger partial charge in [-0.25, -0.2) is 4.79 Å². The van der Waals surface area contributed by atoms with Gasteiger partial charge in [0.2, 0.25) is 0 Å². The van der Waals surface area contributed by atoms with E-state index in [1.165, 1.54) is 18.3 Å². The van der Waals surface area contributed by atoms with Crippen molar-refractivity contribution in [1.29, 1.82) is 0 Å². The summed E-state index contributed by atoms with van der Waals surface area (Å²) in [7, 11) is 0. The summed E-state index contributed by atoms with van der Waals surface area (Å²) in [6.45, 7) is 4.78. The second kappa shape index (κ2) is 7.28. The molecule has 0 radical (unpaired) electrons. The van der Waals surface area contributed by atoms with E-state index in [0.717, 1.165) is 12.8 Å². The highest BCUT2D eigenvalue weighted by Gasteiger charge is 2.25. The number of carboxylic acids is 1. The molecule has 0 aliphatic rings. The molecule has 0 saturated heterocycles. The van der Waals surface area contributed by atoms with E-state index in [-0.39, 0.29) is 21.9 Å². The summed E-state index contributed by atoms with van der Waals surface area (Å²) >= 11 is 1.75. The van der Waals surface area contributed by atoms with Gasteiger partial charge in [-0.3, -0.25) is 9.78 Å². The maximum atomic E-state index is 12.0. The van der Waals surface area contributed by atoms with Crippen molar-refractivity contribution in [3.63, 3.8) is 0 Å². The average Bonchev–Trinajstić information content (AvgIpc) is 2.49. The second-order valence-corrected chi connectivity index (χ2v) is 5.79. The van der Waals surface area contributed by atoms with Crippen LogP contribution in [0.5, 0.6) is 0 Å². The van der Waals surface area contributed by atoms with Gasteiger partial charge in [0.1, 0.15) is 5.69 Å². The molecule has 0 bridgehead atoms. The van der Waals surface area contributed by atoms with E-state index in [1.807, 2.05) is 6.26 Å². The second-order valence-electron chi connectivity index (χ2n) is 4.51. The highest BCUT2D eigenvalue weighted by molar-refractivity contribution is 8.00. The summed E-state index contributed by atoms with van der Waals surface area (Å²) < 4.78 is 0.0384. The van der Waals surface area contributed by atoms with Crippen LogP contribution in [0.3, 0.4) is 0 Å². The number of pyridine rings is 1. The third kappa shape index (κ3) is 3.96. The van der Waals surface area contributed by atoms with Crippen LogP contribution in [-0.4, -0.2) is 39.5 Å². The fourth-order valence-electron chi connectivity index (χ4n) is 1.85. The largest absolute Gasteiger partial charge is 0.478 e. The highest BCUT2D eigenvalue weighted by Crippen LogP contribution is 2.29. The third-order valence-electron chi connectivity index (χ3n) is 3.54. The normalized spacial score (nSPS) is 11.2. The first kappa shape index (κ1) is 16.5. The van der Waals surface area contributed by atoms with E-state index in [2.05, 4.69) is 24.1 Å². The van der Waals surface area contributed by atoms with Crippen molar-refractivity contribution in [2.45, 2.75) is 31.4 Å². The Kier molecular flexibility index (Phi) is 6.01. The molecule has 0 aliphatic heterocycles. The number of hydrogen-bond donors (Lipinski definition) is 2. The van der Waals surface area contributed by atoms with Crippen LogP contribution in [0.4, 0.5) is 0 Å². The summed E-state index contributed by atoms with van der Waals surface area (Å²) in [6.07, 6.45) is 5.17. The molecule has 0 fully saturated rings. The van der Waals surface area contributed by atoms with Crippen molar-refractivity contribution < 1.29 is 14.7 Å². The molecular weight excluding hydrogens is 276 g/mol. The molecule has 20 heavy (non-hydrogen) atoms. The molecule has 1 heterocycles. The fourth-order valence-corrected chi connectivity index (χ4v) is 2.64. The van der Waals surface area contributed by atoms with Gasteiger partial charge in [0.15, 0.2) is 0 Å². The number of aromatic carboxylic acids is 1. The number of nitrogens with zero attached hydrogens (tertiary/aromatic N) is 1. The lowest BCUT2D eigenvalue weighted by atomic mass is 10.0. The monoisotopic (exact) mass is 296 g/mol. The Morgan fingerprint density at radius 1 is 1.35 bits per heavy atom. The summed E-state index contributed by atoms with van der Waals surface area (Å²) in [5.74, 6) is -1.33. The number of nitrogens with one attached hydrogen (secondary N) is 1. The van der Waals surface area contributed by atoms with Crippen LogP contribution in [0.15, 0.2) is 18.3 Å². The lowest BCUT2D eigenvalue weighted by molar-refractivity contribution is 0.0695. The smallest absolute Gasteiger partial charge is 0.337 e. The molecule has 110 valence electrons. The Balaban J connectivity index is 2.69. The Bertz CT molecular complexity index is 462. The minimum absolute atomic E-state index is 0.0384. The van der Waals surface area contributed by atoms with E-state index < -0.39 is 5.97 Å². The lowest BCUT2D eigenvalue weighted by Crippen LogP contribution is -2.39. The van der Waals surface area contributed by atoms with Crippen LogP contribution < -0.4 is 5.32 Å². The number of hydrogen-bond acceptors (Lipinski definition) is 4. The Morgan fingerprint density at radius 2 is 2.00 bits per heavy atom. The van der Waals surface area contributed by atoms with Crippen LogP contribution in [0.2, 0.25) is 0 Å². The van der Waals surface area contributed by atoms with Crippen molar-refractivity contribution in [2.75, 3.05) is 12.8 Å². The minimum atomic E-state index is -1.05. The van der Waals surface area contributed by atoms with Gasteiger partial charge in [0, 0.05) is 17.5 Å². The summed E-state index contributed by atoms with van der Waals surface area (Å²) in [4.78, 5) is 26.6. The van der Waals surface area contributed by atoms with Gasteiger partial charge in [-0.1, -0.05) is 13.8 Å². The molecule has 0 spiro atoms. The Morgan fingerprint density at radius 3 is 2.40 bits per heavy atom. The molecule has 6 heteroatoms. The number of carboxylic acid groups (broad SMARTS) is 1. The van der Waals surface area contributed by atoms with Crippen molar-refractivity contribution in [3.05, 3.63) is 29.6 Å². The van der Waals surface area contributed by atoms with Gasteiger partial charge in [0.05, 0.1) is 5.56 Å². The molecule has 1 amide bonds. The molecule has 5 nitrogen and oxygen atoms in total. The van der Waals surface area contributed by atoms with E-state index in [9.17, 15) is 9.59 Å². The topological polar surface area (TPSA) is 79.3 Å². The van der Waals surface area contributed by atoms with Crippen molar-refractivity contribution in [1.82, 2.24) is 10.3 Å². The summed E-state index contributed by atoms with van der Waals surface area (Å²) in [6, 6.07) is 2.81. The lowest BCUT2D eigenvalue weighted by Gasteiger charge is -2.29. The van der Waals surface area contributed by atoms with E-state index in [0.29, 0.717) is 6.54 Å². The number of amides is 1. The van der Waals surface area contributed by atoms with Gasteiger partial charge in [-0.15, -0.1) is 0 Å². The maximum absolute atomic E-state index is 12.0. The number of aromatic nitrogens is 1. The molecule has 0 unspecified atom stereocenters. The zero-order chi connectivity index (χ0) is 15.2. The quantitative estimate of drug-likeness (QED) is 0.808. The first-order valence-electron chi connectivity index (χ1n) is 6.50. The van der Waals surface area contributed by atoms with Gasteiger partial charge >= 0.3 is 5.97 Å². The van der Waals surface area contributed by atoms with Gasteiger partial charge in [0.25, 0.3) is 5.91 Å². The molecule has 0 saturated carbocycles. The number of carbonyl (C=O) groups is 2. The maximum Gasteiger partial charge on any atom is 0.337 e. The number of carbonyl (C=O) groups excluding carboxylic acids is 1. The first-order chi connectivity index (χ1) is 9.48. The van der Waals surface area contributed by atoms with E-state index in [1.54, 1.807) is 11.8 Å². The van der Waals surface area contributed by atoms with Gasteiger partial charge < -0.3 is 10.4 Å². The van der Waals surface area contributed by atoms with Crippen molar-refractivity contribution in [2.24, 2.45) is 0 Å². The van der Waals surface area contributed by atoms with Crippen LogP contribution in [0, 0.1) is 0 Å². The Labute approximate surface area is 123 Å². The van der Waals surface area contributed by atoms with Crippen LogP contribution in [-0.2, 0) is 0 Å². The molecule has 1 rings (SSSR count). The molecule has 0 aromatic carbocycles. The van der Waals surface area contributed by atoms with E-state index >= 15 is 0 Å². The summed E-state index contributed by atoms with van der Waals surface area (Å²) in [5, 5.41) is 11.6. The summed E-state index contributed by atoms with van der Waals surface area (Å²) in [5.41, 5.74) is 0.305. The molecular formula is C14H20N2O3S. The predicted molar refractivity (Wildman–Crippen MR) is 80.4 cm³/mol. The van der Waals surface area contributed by atoms with Gasteiger partial charge in [-0.2, -0.15) is 11.8 Å². The SMILES string of the molecule is CCC(CC)(CNC(=O)c1ccc(C(=O)O)cn1)SC. The molecule has 1 aromatic heterocycles. The van der Waals surface area contributed by atoms with Crippen molar-refractivity contribution in [3.8, 4) is 0 Å². The zero-order valence-electron chi connectivity index (χ0n) is 12.0. The molecule has 1 aromatic rings. The molecule has 0 aliphatic carbocycles. The fraction of sp³-hybridized carbons (Fsp3) is 0.500. The van der Waals surface area contributed by atoms with Crippen LogP contribution >= 0.6 is 11.8 Å². The van der Waals surface area contributed by atoms with Gasteiger partial charge in [-0.05, 0) is 31.2 Å². The Hall–Kier alpha value is -1.56. The van der Waals surface area contributed by atoms with E-state index in [4.69, 9.17) is 5.11 Å². The van der Waals surface area contributed by atoms with Crippen molar-refractivity contribution >= 4 is 23.6 Å². The zero-order valence-corrected chi connectivity index (χ0v) is 12.8. The predicted octanol–water partition coefficient (Wildman–Crippen LogP) is 2.43. The van der Waals surface area contributed by atoms with Crippen LogP contribution in [0.25, 0.3) is 0 Å². The molecule has 2 N–H and O–H groups in total. The minimum Gasteiger partial charge on any atom is -0.478 e. The number of rotatable bonds is 7. The van der Waals surface area contributed by atoms with Crippen LogP contribution in [0.1, 0.15) is 47.5 Å². The first-order valence-corrected chi connectivity index (χ1v) is 7.73.